The summed E-state index contributed by atoms with van der Waals surface area (Å²) in [5.74, 6) is 0.910. The average molecular weight is 274 g/mol. The van der Waals surface area contributed by atoms with Gasteiger partial charge in [-0.3, -0.25) is 4.79 Å². The average Bonchev–Trinajstić information content (AvgIpc) is 2.98. The van der Waals surface area contributed by atoms with Gasteiger partial charge in [0.1, 0.15) is 12.4 Å². The molecule has 1 amide bonds. The zero-order valence-electron chi connectivity index (χ0n) is 11.8. The van der Waals surface area contributed by atoms with Crippen LogP contribution in [-0.4, -0.2) is 30.5 Å². The Morgan fingerprint density at radius 1 is 1.40 bits per heavy atom. The molecule has 1 aliphatic heterocycles. The second-order valence-corrected chi connectivity index (χ2v) is 5.06. The van der Waals surface area contributed by atoms with E-state index in [1.165, 1.54) is 0 Å². The summed E-state index contributed by atoms with van der Waals surface area (Å²) >= 11 is 0. The van der Waals surface area contributed by atoms with E-state index in [1.54, 1.807) is 6.08 Å². The number of hydrogen-bond acceptors (Lipinski definition) is 3. The van der Waals surface area contributed by atoms with E-state index in [2.05, 4.69) is 6.58 Å². The third-order valence-corrected chi connectivity index (χ3v) is 3.52. The molecule has 4 heteroatoms. The highest BCUT2D eigenvalue weighted by atomic mass is 16.5. The Labute approximate surface area is 120 Å². The Bertz CT molecular complexity index is 479. The first-order valence-corrected chi connectivity index (χ1v) is 7.10. The topological polar surface area (TPSA) is 55.6 Å². The predicted octanol–water partition coefficient (Wildman–Crippen LogP) is 2.39. The van der Waals surface area contributed by atoms with Crippen molar-refractivity contribution in [3.63, 3.8) is 0 Å². The van der Waals surface area contributed by atoms with Crippen molar-refractivity contribution in [3.05, 3.63) is 36.4 Å². The molecule has 1 saturated heterocycles. The van der Waals surface area contributed by atoms with Gasteiger partial charge in [0.2, 0.25) is 5.91 Å². The molecule has 4 nitrogen and oxygen atoms in total. The lowest BCUT2D eigenvalue weighted by Gasteiger charge is -2.15. The Balaban J connectivity index is 1.88. The van der Waals surface area contributed by atoms with Gasteiger partial charge in [-0.25, -0.2) is 0 Å². The lowest BCUT2D eigenvalue weighted by molar-refractivity contribution is -0.130. The molecule has 0 bridgehead atoms. The van der Waals surface area contributed by atoms with Crippen LogP contribution in [-0.2, 0) is 11.2 Å². The normalized spacial score (nSPS) is 14.3. The highest BCUT2D eigenvalue weighted by Crippen LogP contribution is 2.23. The molecule has 0 atom stereocenters. The van der Waals surface area contributed by atoms with Crippen molar-refractivity contribution >= 4 is 11.6 Å². The molecule has 108 valence electrons. The summed E-state index contributed by atoms with van der Waals surface area (Å²) in [5.41, 5.74) is 7.62. The van der Waals surface area contributed by atoms with E-state index in [0.29, 0.717) is 24.5 Å². The number of likely N-dealkylation sites (tertiary alicyclic amines) is 1. The van der Waals surface area contributed by atoms with Crippen LogP contribution < -0.4 is 10.5 Å². The van der Waals surface area contributed by atoms with Gasteiger partial charge in [-0.15, -0.1) is 0 Å². The molecule has 1 aromatic carbocycles. The molecule has 20 heavy (non-hydrogen) atoms. The number of ether oxygens (including phenoxy) is 1. The van der Waals surface area contributed by atoms with E-state index in [-0.39, 0.29) is 5.91 Å². The smallest absolute Gasteiger partial charge is 0.222 e. The van der Waals surface area contributed by atoms with Crippen LogP contribution in [0.3, 0.4) is 0 Å². The maximum atomic E-state index is 12.0. The quantitative estimate of drug-likeness (QED) is 0.640. The minimum absolute atomic E-state index is 0.244. The fourth-order valence-corrected chi connectivity index (χ4v) is 2.41. The van der Waals surface area contributed by atoms with Gasteiger partial charge < -0.3 is 15.4 Å². The van der Waals surface area contributed by atoms with Crippen LogP contribution in [0.2, 0.25) is 0 Å². The summed E-state index contributed by atoms with van der Waals surface area (Å²) in [6.07, 6.45) is 5.22. The number of anilines is 1. The zero-order valence-corrected chi connectivity index (χ0v) is 11.8. The molecule has 1 aliphatic rings. The van der Waals surface area contributed by atoms with Crippen molar-refractivity contribution in [2.45, 2.75) is 25.7 Å². The Morgan fingerprint density at radius 3 is 2.80 bits per heavy atom. The van der Waals surface area contributed by atoms with Gasteiger partial charge in [-0.05, 0) is 37.0 Å². The highest BCUT2D eigenvalue weighted by molar-refractivity contribution is 5.76. The van der Waals surface area contributed by atoms with Crippen LogP contribution in [0.5, 0.6) is 5.75 Å². The summed E-state index contributed by atoms with van der Waals surface area (Å²) in [4.78, 5) is 13.9. The van der Waals surface area contributed by atoms with E-state index in [1.807, 2.05) is 23.1 Å². The number of nitrogens with two attached hydrogens (primary N) is 1. The number of nitrogens with zero attached hydrogens (tertiary/aromatic N) is 1. The van der Waals surface area contributed by atoms with E-state index >= 15 is 0 Å². The van der Waals surface area contributed by atoms with E-state index in [0.717, 1.165) is 37.9 Å². The molecular weight excluding hydrogens is 252 g/mol. The monoisotopic (exact) mass is 274 g/mol. The summed E-state index contributed by atoms with van der Waals surface area (Å²) in [7, 11) is 0. The van der Waals surface area contributed by atoms with Crippen LogP contribution in [0.15, 0.2) is 30.9 Å². The van der Waals surface area contributed by atoms with E-state index in [9.17, 15) is 4.79 Å². The van der Waals surface area contributed by atoms with Crippen molar-refractivity contribution in [2.24, 2.45) is 0 Å². The first-order valence-electron chi connectivity index (χ1n) is 7.10. The largest absolute Gasteiger partial charge is 0.487 e. The van der Waals surface area contributed by atoms with Crippen LogP contribution >= 0.6 is 0 Å². The van der Waals surface area contributed by atoms with Gasteiger partial charge in [0.25, 0.3) is 0 Å². The third kappa shape index (κ3) is 3.76. The molecular formula is C16H22N2O2. The number of rotatable bonds is 6. The Morgan fingerprint density at radius 2 is 2.15 bits per heavy atom. The third-order valence-electron chi connectivity index (χ3n) is 3.52. The Hall–Kier alpha value is -1.97. The van der Waals surface area contributed by atoms with Gasteiger partial charge in [0.05, 0.1) is 5.69 Å². The molecule has 0 aliphatic carbocycles. The first kappa shape index (κ1) is 14.4. The van der Waals surface area contributed by atoms with Crippen LogP contribution in [0, 0.1) is 0 Å². The predicted molar refractivity (Wildman–Crippen MR) is 80.7 cm³/mol. The molecule has 2 N–H and O–H groups in total. The van der Waals surface area contributed by atoms with Gasteiger partial charge in [-0.2, -0.15) is 0 Å². The molecule has 0 radical (unpaired) electrons. The van der Waals surface area contributed by atoms with Crippen molar-refractivity contribution < 1.29 is 9.53 Å². The number of carbonyl (C=O) groups is 1. The molecule has 0 saturated carbocycles. The second kappa shape index (κ2) is 6.98. The highest BCUT2D eigenvalue weighted by Gasteiger charge is 2.17. The molecule has 0 spiro atoms. The second-order valence-electron chi connectivity index (χ2n) is 5.06. The number of aryl methyl sites for hydroxylation is 1. The van der Waals surface area contributed by atoms with Crippen molar-refractivity contribution in [3.8, 4) is 5.75 Å². The van der Waals surface area contributed by atoms with Gasteiger partial charge in [0, 0.05) is 19.5 Å². The minimum atomic E-state index is 0.244. The summed E-state index contributed by atoms with van der Waals surface area (Å²) in [6, 6.07) is 5.70. The number of hydrogen-bond donors (Lipinski definition) is 1. The molecule has 0 aromatic heterocycles. The molecule has 1 fully saturated rings. The summed E-state index contributed by atoms with van der Waals surface area (Å²) in [6.45, 7) is 5.87. The van der Waals surface area contributed by atoms with Crippen molar-refractivity contribution in [1.29, 1.82) is 0 Å². The SMILES string of the molecule is C=CCOc1ccc(CCC(=O)N2CCCC2)cc1N. The number of carbonyl (C=O) groups excluding carboxylic acids is 1. The number of amides is 1. The van der Waals surface area contributed by atoms with Crippen molar-refractivity contribution in [2.75, 3.05) is 25.4 Å². The number of benzene rings is 1. The molecule has 0 unspecified atom stereocenters. The van der Waals surface area contributed by atoms with Crippen LogP contribution in [0.25, 0.3) is 0 Å². The van der Waals surface area contributed by atoms with Crippen LogP contribution in [0.4, 0.5) is 5.69 Å². The minimum Gasteiger partial charge on any atom is -0.487 e. The van der Waals surface area contributed by atoms with E-state index in [4.69, 9.17) is 10.5 Å². The Kier molecular flexibility index (Phi) is 5.04. The van der Waals surface area contributed by atoms with Crippen LogP contribution in [0.1, 0.15) is 24.8 Å². The van der Waals surface area contributed by atoms with E-state index < -0.39 is 0 Å². The van der Waals surface area contributed by atoms with Gasteiger partial charge in [0.15, 0.2) is 0 Å². The van der Waals surface area contributed by atoms with Gasteiger partial charge >= 0.3 is 0 Å². The van der Waals surface area contributed by atoms with Crippen molar-refractivity contribution in [1.82, 2.24) is 4.90 Å². The maximum Gasteiger partial charge on any atom is 0.222 e. The van der Waals surface area contributed by atoms with Gasteiger partial charge in [-0.1, -0.05) is 18.7 Å². The fraction of sp³-hybridized carbons (Fsp3) is 0.438. The fourth-order valence-electron chi connectivity index (χ4n) is 2.41. The lowest BCUT2D eigenvalue weighted by Crippen LogP contribution is -2.27. The molecule has 1 aromatic rings. The standard InChI is InChI=1S/C16H22N2O2/c1-2-11-20-15-7-5-13(12-14(15)17)6-8-16(19)18-9-3-4-10-18/h2,5,7,12H,1,3-4,6,8-11,17H2. The molecule has 1 heterocycles. The molecule has 2 rings (SSSR count). The maximum absolute atomic E-state index is 12.0. The first-order chi connectivity index (χ1) is 9.70. The zero-order chi connectivity index (χ0) is 14.4. The number of nitrogen functional groups attached to an aromatic ring is 1. The summed E-state index contributed by atoms with van der Waals surface area (Å²) in [5, 5.41) is 0. The summed E-state index contributed by atoms with van der Waals surface area (Å²) < 4.78 is 5.43. The lowest BCUT2D eigenvalue weighted by atomic mass is 10.1.